The van der Waals surface area contributed by atoms with Crippen molar-refractivity contribution in [2.24, 2.45) is 0 Å². The molecule has 4 heteroatoms. The van der Waals surface area contributed by atoms with Gasteiger partial charge in [-0.15, -0.1) is 0 Å². The highest BCUT2D eigenvalue weighted by Crippen LogP contribution is 2.28. The Bertz CT molecular complexity index is 567. The first-order chi connectivity index (χ1) is 8.74. The molecule has 5 N–H and O–H groups in total. The molecule has 1 amide bonds. The smallest absolute Gasteiger partial charge is 0.255 e. The maximum atomic E-state index is 11.9. The van der Waals surface area contributed by atoms with Gasteiger partial charge in [0, 0.05) is 18.4 Å². The average molecular weight is 245 g/mol. The van der Waals surface area contributed by atoms with Crippen molar-refractivity contribution >= 4 is 16.7 Å². The van der Waals surface area contributed by atoms with Crippen molar-refractivity contribution in [3.8, 4) is 5.75 Å². The van der Waals surface area contributed by atoms with Crippen LogP contribution < -0.4 is 11.1 Å². The highest BCUT2D eigenvalue weighted by Gasteiger charge is 2.12. The molecule has 0 bridgehead atoms. The molecule has 2 rings (SSSR count). The third-order valence-electron chi connectivity index (χ3n) is 2.86. The Balaban J connectivity index is 2.28. The summed E-state index contributed by atoms with van der Waals surface area (Å²) in [7, 11) is 0. The molecular weight excluding hydrogens is 228 g/mol. The Hall–Kier alpha value is -2.07. The van der Waals surface area contributed by atoms with Crippen LogP contribution in [0.25, 0.3) is 10.8 Å². The molecule has 0 unspecified atom stereocenters. The summed E-state index contributed by atoms with van der Waals surface area (Å²) in [4.78, 5) is 11.9. The molecule has 0 saturated heterocycles. The third-order valence-corrected chi connectivity index (χ3v) is 2.86. The molecule has 0 aliphatic carbocycles. The number of fused-ring (bicyclic) bond motifs is 1. The van der Waals surface area contributed by atoms with Crippen LogP contribution in [0, 0.1) is 0 Å². The van der Waals surface area contributed by atoms with Gasteiger partial charge < -0.3 is 16.2 Å². The van der Waals surface area contributed by atoms with Crippen LogP contribution in [0.5, 0.6) is 5.75 Å². The Morgan fingerprint density at radius 3 is 2.78 bits per heavy atom. The van der Waals surface area contributed by atoms with Gasteiger partial charge in [0.15, 0.2) is 0 Å². The van der Waals surface area contributed by atoms with E-state index in [1.807, 2.05) is 24.3 Å². The molecule has 0 aliphatic heterocycles. The summed E-state index contributed by atoms with van der Waals surface area (Å²) in [6.07, 6.45) is 0.833. The zero-order chi connectivity index (χ0) is 13.0. The van der Waals surface area contributed by atoms with Crippen molar-refractivity contribution in [1.29, 1.82) is 0 Å². The average Bonchev–Trinajstić information content (AvgIpc) is 2.39. The summed E-state index contributed by atoms with van der Waals surface area (Å²) >= 11 is 0. The van der Waals surface area contributed by atoms with Gasteiger partial charge in [-0.3, -0.25) is 4.79 Å². The standard InChI is InChI=1S/C14H16N2O2/c15-8-3-9-16-14(18)12-7-6-10-4-1-2-5-11(10)13(12)17/h1-2,4-7,17H,3,8-9,15H2,(H,16,18)/p+1. The van der Waals surface area contributed by atoms with Crippen LogP contribution in [0.2, 0.25) is 0 Å². The Labute approximate surface area is 105 Å². The second kappa shape index (κ2) is 5.51. The normalized spacial score (nSPS) is 10.5. The molecule has 18 heavy (non-hydrogen) atoms. The van der Waals surface area contributed by atoms with Gasteiger partial charge >= 0.3 is 0 Å². The van der Waals surface area contributed by atoms with Crippen molar-refractivity contribution in [2.45, 2.75) is 6.42 Å². The second-order valence-corrected chi connectivity index (χ2v) is 4.15. The molecular formula is C14H17N2O2+. The number of benzene rings is 2. The Morgan fingerprint density at radius 2 is 2.00 bits per heavy atom. The first-order valence-corrected chi connectivity index (χ1v) is 6.02. The predicted molar refractivity (Wildman–Crippen MR) is 70.3 cm³/mol. The highest BCUT2D eigenvalue weighted by atomic mass is 16.3. The Morgan fingerprint density at radius 1 is 1.22 bits per heavy atom. The first-order valence-electron chi connectivity index (χ1n) is 6.02. The van der Waals surface area contributed by atoms with E-state index >= 15 is 0 Å². The van der Waals surface area contributed by atoms with E-state index in [1.165, 1.54) is 0 Å². The number of phenolic OH excluding ortho intramolecular Hbond substituents is 1. The van der Waals surface area contributed by atoms with Crippen molar-refractivity contribution in [3.63, 3.8) is 0 Å². The van der Waals surface area contributed by atoms with Crippen LogP contribution in [0.3, 0.4) is 0 Å². The topological polar surface area (TPSA) is 77.0 Å². The number of nitrogens with one attached hydrogen (secondary N) is 1. The van der Waals surface area contributed by atoms with Gasteiger partial charge in [-0.05, 0) is 11.5 Å². The summed E-state index contributed by atoms with van der Waals surface area (Å²) in [5.41, 5.74) is 4.03. The summed E-state index contributed by atoms with van der Waals surface area (Å²) < 4.78 is 0. The largest absolute Gasteiger partial charge is 0.506 e. The lowest BCUT2D eigenvalue weighted by atomic mass is 10.0. The number of quaternary nitrogens is 1. The van der Waals surface area contributed by atoms with Crippen LogP contribution in [0.4, 0.5) is 0 Å². The van der Waals surface area contributed by atoms with Gasteiger partial charge in [0.2, 0.25) is 0 Å². The van der Waals surface area contributed by atoms with Gasteiger partial charge in [0.1, 0.15) is 5.75 Å². The fourth-order valence-electron chi connectivity index (χ4n) is 1.86. The minimum atomic E-state index is -0.244. The van der Waals surface area contributed by atoms with E-state index in [0.717, 1.165) is 18.4 Å². The lowest BCUT2D eigenvalue weighted by Crippen LogP contribution is -2.51. The lowest BCUT2D eigenvalue weighted by Gasteiger charge is -2.08. The van der Waals surface area contributed by atoms with Crippen LogP contribution >= 0.6 is 0 Å². The van der Waals surface area contributed by atoms with E-state index in [4.69, 9.17) is 0 Å². The molecule has 0 aromatic heterocycles. The van der Waals surface area contributed by atoms with Crippen LogP contribution in [0.1, 0.15) is 16.8 Å². The number of phenols is 1. The molecule has 0 saturated carbocycles. The molecule has 0 radical (unpaired) electrons. The summed E-state index contributed by atoms with van der Waals surface area (Å²) in [5, 5.41) is 14.5. The molecule has 2 aromatic carbocycles. The quantitative estimate of drug-likeness (QED) is 0.700. The van der Waals surface area contributed by atoms with Crippen LogP contribution in [-0.4, -0.2) is 24.1 Å². The number of hydrogen-bond donors (Lipinski definition) is 3. The van der Waals surface area contributed by atoms with Gasteiger partial charge in [-0.1, -0.05) is 30.3 Å². The Kier molecular flexibility index (Phi) is 3.79. The lowest BCUT2D eigenvalue weighted by molar-refractivity contribution is -0.367. The van der Waals surface area contributed by atoms with Gasteiger partial charge in [-0.2, -0.15) is 0 Å². The van der Waals surface area contributed by atoms with E-state index in [1.54, 1.807) is 12.1 Å². The minimum Gasteiger partial charge on any atom is -0.506 e. The maximum Gasteiger partial charge on any atom is 0.255 e. The molecule has 0 heterocycles. The summed E-state index contributed by atoms with van der Waals surface area (Å²) in [6, 6.07) is 10.9. The van der Waals surface area contributed by atoms with E-state index in [2.05, 4.69) is 11.1 Å². The second-order valence-electron chi connectivity index (χ2n) is 4.15. The maximum absolute atomic E-state index is 11.9. The van der Waals surface area contributed by atoms with Crippen molar-refractivity contribution in [1.82, 2.24) is 5.32 Å². The van der Waals surface area contributed by atoms with Crippen molar-refractivity contribution in [2.75, 3.05) is 13.1 Å². The number of aromatic hydroxyl groups is 1. The van der Waals surface area contributed by atoms with E-state index < -0.39 is 0 Å². The highest BCUT2D eigenvalue weighted by molar-refractivity contribution is 6.03. The molecule has 2 aromatic rings. The van der Waals surface area contributed by atoms with Gasteiger partial charge in [0.25, 0.3) is 5.91 Å². The van der Waals surface area contributed by atoms with Gasteiger partial charge in [-0.25, -0.2) is 0 Å². The zero-order valence-electron chi connectivity index (χ0n) is 10.1. The van der Waals surface area contributed by atoms with Crippen LogP contribution in [0.15, 0.2) is 36.4 Å². The fraction of sp³-hybridized carbons (Fsp3) is 0.214. The first kappa shape index (κ1) is 12.4. The third kappa shape index (κ3) is 2.43. The summed E-state index contributed by atoms with van der Waals surface area (Å²) in [6.45, 7) is 1.36. The minimum absolute atomic E-state index is 0.0419. The monoisotopic (exact) mass is 245 g/mol. The van der Waals surface area contributed by atoms with Crippen molar-refractivity contribution in [3.05, 3.63) is 42.0 Å². The fourth-order valence-corrected chi connectivity index (χ4v) is 1.86. The number of amides is 1. The number of rotatable bonds is 4. The molecule has 0 aliphatic rings. The van der Waals surface area contributed by atoms with E-state index in [0.29, 0.717) is 17.5 Å². The summed E-state index contributed by atoms with van der Waals surface area (Å²) in [5.74, 6) is -0.202. The van der Waals surface area contributed by atoms with Crippen molar-refractivity contribution < 1.29 is 15.6 Å². The van der Waals surface area contributed by atoms with Gasteiger partial charge in [0.05, 0.1) is 12.1 Å². The molecule has 0 spiro atoms. The van der Waals surface area contributed by atoms with E-state index in [9.17, 15) is 9.90 Å². The van der Waals surface area contributed by atoms with E-state index in [-0.39, 0.29) is 11.7 Å². The molecule has 0 fully saturated rings. The molecule has 4 nitrogen and oxygen atoms in total. The predicted octanol–water partition coefficient (Wildman–Crippen LogP) is 0.907. The number of carbonyl (C=O) groups excluding carboxylic acids is 1. The SMILES string of the molecule is [NH3+]CCCNC(=O)c1ccc2ccccc2c1O. The molecule has 0 atom stereocenters. The number of hydrogen-bond acceptors (Lipinski definition) is 2. The number of carbonyl (C=O) groups is 1. The van der Waals surface area contributed by atoms with Crippen LogP contribution in [-0.2, 0) is 0 Å². The zero-order valence-corrected chi connectivity index (χ0v) is 10.1. The molecule has 94 valence electrons.